The fraction of sp³-hybridized carbons (Fsp3) is 0.455. The Balaban J connectivity index is 2.23. The lowest BCUT2D eigenvalue weighted by atomic mass is 10.2. The maximum absolute atomic E-state index is 11.4. The molecule has 17 heavy (non-hydrogen) atoms. The van der Waals surface area contributed by atoms with E-state index in [0.29, 0.717) is 22.2 Å². The zero-order valence-corrected chi connectivity index (χ0v) is 11.7. The first kappa shape index (κ1) is 13.0. The lowest BCUT2D eigenvalue weighted by Crippen LogP contribution is -2.21. The third kappa shape index (κ3) is 2.87. The van der Waals surface area contributed by atoms with Crippen molar-refractivity contribution < 1.29 is 8.42 Å². The topological polar surface area (TPSA) is 46.2 Å². The molecule has 1 N–H and O–H groups in total. The zero-order chi connectivity index (χ0) is 12.6. The minimum atomic E-state index is -2.90. The summed E-state index contributed by atoms with van der Waals surface area (Å²) in [5, 5.41) is 4.21. The monoisotopic (exact) mass is 293 g/mol. The molecular weight excluding hydrogens is 281 g/mol. The zero-order valence-electron chi connectivity index (χ0n) is 9.33. The number of hydrogen-bond donors (Lipinski definition) is 1. The van der Waals surface area contributed by atoms with Crippen LogP contribution in [0.4, 0.5) is 5.69 Å². The van der Waals surface area contributed by atoms with Gasteiger partial charge in [0.25, 0.3) is 0 Å². The summed E-state index contributed by atoms with van der Waals surface area (Å²) >= 11 is 12.2. The quantitative estimate of drug-likeness (QED) is 0.912. The highest BCUT2D eigenvalue weighted by Crippen LogP contribution is 2.34. The molecule has 6 heteroatoms. The summed E-state index contributed by atoms with van der Waals surface area (Å²) in [5.41, 5.74) is 1.55. The van der Waals surface area contributed by atoms with Crippen LogP contribution in [0.15, 0.2) is 12.1 Å². The summed E-state index contributed by atoms with van der Waals surface area (Å²) in [4.78, 5) is 0. The molecule has 2 rings (SSSR count). The highest BCUT2D eigenvalue weighted by atomic mass is 35.5. The van der Waals surface area contributed by atoms with Crippen LogP contribution in [0, 0.1) is 6.92 Å². The van der Waals surface area contributed by atoms with E-state index in [2.05, 4.69) is 5.32 Å². The van der Waals surface area contributed by atoms with Gasteiger partial charge in [-0.2, -0.15) is 0 Å². The fourth-order valence-electron chi connectivity index (χ4n) is 1.90. The number of nitrogens with one attached hydrogen (secondary N) is 1. The van der Waals surface area contributed by atoms with E-state index in [1.54, 1.807) is 6.07 Å². The molecule has 1 aliphatic heterocycles. The summed E-state index contributed by atoms with van der Waals surface area (Å²) in [6.45, 7) is 1.88. The van der Waals surface area contributed by atoms with Gasteiger partial charge in [0.05, 0.1) is 27.2 Å². The first-order valence-electron chi connectivity index (χ1n) is 5.30. The van der Waals surface area contributed by atoms with Gasteiger partial charge in [-0.1, -0.05) is 29.3 Å². The predicted octanol–water partition coefficient (Wildman–Crippen LogP) is 2.90. The van der Waals surface area contributed by atoms with Crippen molar-refractivity contribution in [2.75, 3.05) is 16.8 Å². The van der Waals surface area contributed by atoms with Crippen molar-refractivity contribution in [3.63, 3.8) is 0 Å². The molecule has 0 saturated carbocycles. The lowest BCUT2D eigenvalue weighted by Gasteiger charge is -2.16. The van der Waals surface area contributed by atoms with E-state index in [0.717, 1.165) is 5.56 Å². The molecule has 1 aromatic carbocycles. The number of anilines is 1. The minimum Gasteiger partial charge on any atom is -0.379 e. The maximum atomic E-state index is 11.4. The van der Waals surface area contributed by atoms with Crippen molar-refractivity contribution in [1.29, 1.82) is 0 Å². The smallest absolute Gasteiger partial charge is 0.152 e. The molecule has 3 nitrogen and oxygen atoms in total. The molecule has 0 bridgehead atoms. The van der Waals surface area contributed by atoms with Gasteiger partial charge < -0.3 is 5.32 Å². The van der Waals surface area contributed by atoms with Crippen molar-refractivity contribution >= 4 is 38.7 Å². The molecule has 1 fully saturated rings. The van der Waals surface area contributed by atoms with E-state index >= 15 is 0 Å². The summed E-state index contributed by atoms with van der Waals surface area (Å²) in [5.74, 6) is 0.374. The molecule has 1 saturated heterocycles. The Morgan fingerprint density at radius 2 is 2.06 bits per heavy atom. The number of benzene rings is 1. The van der Waals surface area contributed by atoms with Gasteiger partial charge >= 0.3 is 0 Å². The molecule has 1 aliphatic rings. The molecule has 0 aromatic heterocycles. The van der Waals surface area contributed by atoms with E-state index in [4.69, 9.17) is 23.2 Å². The van der Waals surface area contributed by atoms with Crippen LogP contribution in [0.2, 0.25) is 10.0 Å². The highest BCUT2D eigenvalue weighted by molar-refractivity contribution is 7.91. The standard InChI is InChI=1S/C11H13Cl2NO2S/c1-7-2-3-9(12)11(10(7)13)14-8-4-5-17(15,16)6-8/h2-3,8,14H,4-6H2,1H3. The minimum absolute atomic E-state index is 0.100. The van der Waals surface area contributed by atoms with E-state index in [1.807, 2.05) is 13.0 Å². The fourth-order valence-corrected chi connectivity index (χ4v) is 4.06. The Kier molecular flexibility index (Phi) is 3.57. The summed E-state index contributed by atoms with van der Waals surface area (Å²) in [6.07, 6.45) is 0.600. The molecular formula is C11H13Cl2NO2S. The molecule has 0 amide bonds. The van der Waals surface area contributed by atoms with Crippen molar-refractivity contribution in [3.05, 3.63) is 27.7 Å². The van der Waals surface area contributed by atoms with Crippen LogP contribution < -0.4 is 5.32 Å². The highest BCUT2D eigenvalue weighted by Gasteiger charge is 2.28. The second-order valence-corrected chi connectivity index (χ2v) is 7.31. The van der Waals surface area contributed by atoms with E-state index in [9.17, 15) is 8.42 Å². The molecule has 1 heterocycles. The number of aryl methyl sites for hydroxylation is 1. The van der Waals surface area contributed by atoms with Crippen LogP contribution in [0.1, 0.15) is 12.0 Å². The van der Waals surface area contributed by atoms with Crippen molar-refractivity contribution in [2.45, 2.75) is 19.4 Å². The van der Waals surface area contributed by atoms with Crippen LogP contribution in [-0.4, -0.2) is 26.0 Å². The van der Waals surface area contributed by atoms with E-state index < -0.39 is 9.84 Å². The average molecular weight is 294 g/mol. The van der Waals surface area contributed by atoms with E-state index in [-0.39, 0.29) is 17.5 Å². The molecule has 0 spiro atoms. The maximum Gasteiger partial charge on any atom is 0.152 e. The van der Waals surface area contributed by atoms with Crippen LogP contribution in [0.3, 0.4) is 0 Å². The normalized spacial score (nSPS) is 22.6. The molecule has 1 atom stereocenters. The number of halogens is 2. The molecule has 0 radical (unpaired) electrons. The first-order valence-corrected chi connectivity index (χ1v) is 7.88. The Morgan fingerprint density at radius 1 is 1.35 bits per heavy atom. The SMILES string of the molecule is Cc1ccc(Cl)c(NC2CCS(=O)(=O)C2)c1Cl. The van der Waals surface area contributed by atoms with Gasteiger partial charge in [-0.25, -0.2) is 8.42 Å². The van der Waals surface area contributed by atoms with Gasteiger partial charge in [-0.15, -0.1) is 0 Å². The molecule has 94 valence electrons. The third-order valence-corrected chi connectivity index (χ3v) is 5.44. The van der Waals surface area contributed by atoms with Crippen LogP contribution in [0.25, 0.3) is 0 Å². The van der Waals surface area contributed by atoms with Gasteiger partial charge in [0.15, 0.2) is 9.84 Å². The Labute approximate surface area is 111 Å². The second kappa shape index (κ2) is 4.67. The number of hydrogen-bond acceptors (Lipinski definition) is 3. The Hall–Kier alpha value is -0.450. The van der Waals surface area contributed by atoms with Crippen LogP contribution in [-0.2, 0) is 9.84 Å². The van der Waals surface area contributed by atoms with Gasteiger partial charge in [0.2, 0.25) is 0 Å². The van der Waals surface area contributed by atoms with Gasteiger partial charge in [0.1, 0.15) is 0 Å². The second-order valence-electron chi connectivity index (χ2n) is 4.30. The van der Waals surface area contributed by atoms with Crippen molar-refractivity contribution in [3.8, 4) is 0 Å². The summed E-state index contributed by atoms with van der Waals surface area (Å²) in [6, 6.07) is 3.49. The van der Waals surface area contributed by atoms with Gasteiger partial charge in [-0.3, -0.25) is 0 Å². The largest absolute Gasteiger partial charge is 0.379 e. The van der Waals surface area contributed by atoms with Gasteiger partial charge in [-0.05, 0) is 25.0 Å². The lowest BCUT2D eigenvalue weighted by molar-refractivity contribution is 0.602. The van der Waals surface area contributed by atoms with Gasteiger partial charge in [0, 0.05) is 6.04 Å². The van der Waals surface area contributed by atoms with E-state index in [1.165, 1.54) is 0 Å². The molecule has 1 unspecified atom stereocenters. The Morgan fingerprint density at radius 3 is 2.65 bits per heavy atom. The number of rotatable bonds is 2. The van der Waals surface area contributed by atoms with Crippen LogP contribution in [0.5, 0.6) is 0 Å². The van der Waals surface area contributed by atoms with Crippen molar-refractivity contribution in [1.82, 2.24) is 0 Å². The van der Waals surface area contributed by atoms with Crippen LogP contribution >= 0.6 is 23.2 Å². The predicted molar refractivity (Wildman–Crippen MR) is 71.9 cm³/mol. The molecule has 0 aliphatic carbocycles. The summed E-state index contributed by atoms with van der Waals surface area (Å²) in [7, 11) is -2.90. The van der Waals surface area contributed by atoms with Crippen molar-refractivity contribution in [2.24, 2.45) is 0 Å². The first-order chi connectivity index (χ1) is 7.89. The summed E-state index contributed by atoms with van der Waals surface area (Å²) < 4.78 is 22.7. The number of sulfone groups is 1. The third-order valence-electron chi connectivity index (χ3n) is 2.87. The Bertz CT molecular complexity index is 543. The average Bonchev–Trinajstić information content (AvgIpc) is 2.59. The molecule has 1 aromatic rings.